The van der Waals surface area contributed by atoms with Gasteiger partial charge in [0.2, 0.25) is 0 Å². The van der Waals surface area contributed by atoms with Crippen molar-refractivity contribution in [3.63, 3.8) is 0 Å². The minimum Gasteiger partial charge on any atom is -0.388 e. The molecule has 138 valence electrons. The maximum atomic E-state index is 13.5. The van der Waals surface area contributed by atoms with Crippen LogP contribution in [0, 0.1) is 0 Å². The Morgan fingerprint density at radius 3 is 2.04 bits per heavy atom. The number of fused-ring (bicyclic) bond motifs is 3. The van der Waals surface area contributed by atoms with Crippen LogP contribution in [0.4, 0.5) is 26.3 Å². The highest BCUT2D eigenvalue weighted by Crippen LogP contribution is 2.43. The molecule has 0 spiro atoms. The Kier molecular flexibility index (Phi) is 4.69. The minimum atomic E-state index is -4.96. The van der Waals surface area contributed by atoms with E-state index in [2.05, 4.69) is 15.9 Å². The third-order valence-electron chi connectivity index (χ3n) is 4.13. The standard InChI is InChI=1S/C18H11BrF6O/c19-8-15(26)13-6-9-5-10(17(20,21)22)7-14(18(23,24)25)16(9)12-4-2-1-3-11(12)13/h1-7,15,26H,8H2/t15-/m1/s1. The van der Waals surface area contributed by atoms with Crippen molar-refractivity contribution in [2.45, 2.75) is 18.5 Å². The van der Waals surface area contributed by atoms with Crippen LogP contribution in [0.1, 0.15) is 22.8 Å². The van der Waals surface area contributed by atoms with E-state index >= 15 is 0 Å². The molecule has 0 heterocycles. The summed E-state index contributed by atoms with van der Waals surface area (Å²) < 4.78 is 79.8. The Morgan fingerprint density at radius 1 is 0.885 bits per heavy atom. The van der Waals surface area contributed by atoms with Crippen molar-refractivity contribution >= 4 is 37.5 Å². The zero-order valence-electron chi connectivity index (χ0n) is 12.9. The lowest BCUT2D eigenvalue weighted by atomic mass is 9.90. The summed E-state index contributed by atoms with van der Waals surface area (Å²) in [5, 5.41) is 10.2. The first-order chi connectivity index (χ1) is 12.0. The first-order valence-corrected chi connectivity index (χ1v) is 8.54. The Morgan fingerprint density at radius 2 is 1.50 bits per heavy atom. The van der Waals surface area contributed by atoms with Gasteiger partial charge in [-0.05, 0) is 39.9 Å². The second-order valence-corrected chi connectivity index (χ2v) is 6.45. The van der Waals surface area contributed by atoms with Crippen molar-refractivity contribution < 1.29 is 31.4 Å². The number of rotatable bonds is 2. The topological polar surface area (TPSA) is 20.2 Å². The monoisotopic (exact) mass is 436 g/mol. The summed E-state index contributed by atoms with van der Waals surface area (Å²) >= 11 is 3.08. The fourth-order valence-electron chi connectivity index (χ4n) is 3.02. The van der Waals surface area contributed by atoms with E-state index < -0.39 is 29.6 Å². The molecule has 1 atom stereocenters. The highest BCUT2D eigenvalue weighted by atomic mass is 79.9. The van der Waals surface area contributed by atoms with E-state index in [0.717, 1.165) is 0 Å². The fourth-order valence-corrected chi connectivity index (χ4v) is 3.37. The first kappa shape index (κ1) is 19.0. The molecule has 1 N–H and O–H groups in total. The lowest BCUT2D eigenvalue weighted by Crippen LogP contribution is -2.12. The predicted octanol–water partition coefficient (Wildman–Crippen LogP) is 6.46. The molecule has 3 rings (SSSR count). The number of halogens is 7. The minimum absolute atomic E-state index is 0.0909. The summed E-state index contributed by atoms with van der Waals surface area (Å²) in [7, 11) is 0. The summed E-state index contributed by atoms with van der Waals surface area (Å²) in [6.45, 7) is 0. The third kappa shape index (κ3) is 3.27. The molecule has 0 saturated carbocycles. The van der Waals surface area contributed by atoms with Crippen LogP contribution >= 0.6 is 15.9 Å². The quantitative estimate of drug-likeness (QED) is 0.277. The molecule has 0 aliphatic carbocycles. The molecule has 3 aromatic carbocycles. The maximum Gasteiger partial charge on any atom is 0.417 e. The molecule has 3 aromatic rings. The van der Waals surface area contributed by atoms with Crippen LogP contribution < -0.4 is 0 Å². The van der Waals surface area contributed by atoms with Crippen LogP contribution in [0.3, 0.4) is 0 Å². The maximum absolute atomic E-state index is 13.5. The summed E-state index contributed by atoms with van der Waals surface area (Å²) in [6.07, 6.45) is -11.0. The molecule has 0 saturated heterocycles. The normalized spacial score (nSPS) is 14.2. The molecule has 0 aliphatic rings. The molecule has 0 aliphatic heterocycles. The summed E-state index contributed by atoms with van der Waals surface area (Å²) in [5.41, 5.74) is -2.47. The van der Waals surface area contributed by atoms with Gasteiger partial charge < -0.3 is 5.11 Å². The fraction of sp³-hybridized carbons (Fsp3) is 0.222. The molecular formula is C18H11BrF6O. The molecular weight excluding hydrogens is 426 g/mol. The Bertz CT molecular complexity index is 977. The van der Waals surface area contributed by atoms with Crippen LogP contribution in [-0.4, -0.2) is 10.4 Å². The van der Waals surface area contributed by atoms with E-state index in [1.54, 1.807) is 6.07 Å². The van der Waals surface area contributed by atoms with E-state index in [4.69, 9.17) is 0 Å². The molecule has 0 unspecified atom stereocenters. The van der Waals surface area contributed by atoms with Crippen molar-refractivity contribution in [2.75, 3.05) is 5.33 Å². The largest absolute Gasteiger partial charge is 0.417 e. The molecule has 1 nitrogen and oxygen atoms in total. The lowest BCUT2D eigenvalue weighted by Gasteiger charge is -2.19. The number of alkyl halides is 7. The Labute approximate surface area is 152 Å². The number of benzene rings is 3. The van der Waals surface area contributed by atoms with E-state index in [1.807, 2.05) is 0 Å². The smallest absolute Gasteiger partial charge is 0.388 e. The van der Waals surface area contributed by atoms with Gasteiger partial charge in [0.15, 0.2) is 0 Å². The van der Waals surface area contributed by atoms with Gasteiger partial charge in [-0.15, -0.1) is 0 Å². The summed E-state index contributed by atoms with van der Waals surface area (Å²) in [5.74, 6) is 0. The van der Waals surface area contributed by atoms with Gasteiger partial charge in [0, 0.05) is 10.7 Å². The number of hydrogen-bond acceptors (Lipinski definition) is 1. The van der Waals surface area contributed by atoms with Crippen molar-refractivity contribution in [3.05, 3.63) is 59.2 Å². The van der Waals surface area contributed by atoms with Crippen molar-refractivity contribution in [1.82, 2.24) is 0 Å². The third-order valence-corrected chi connectivity index (χ3v) is 4.74. The second-order valence-electron chi connectivity index (χ2n) is 5.80. The zero-order valence-corrected chi connectivity index (χ0v) is 14.5. The van der Waals surface area contributed by atoms with Gasteiger partial charge in [-0.25, -0.2) is 0 Å². The number of aliphatic hydroxyl groups excluding tert-OH is 1. The average Bonchev–Trinajstić information content (AvgIpc) is 2.57. The van der Waals surface area contributed by atoms with Crippen molar-refractivity contribution in [3.8, 4) is 0 Å². The van der Waals surface area contributed by atoms with Crippen LogP contribution in [0.25, 0.3) is 21.5 Å². The molecule has 0 radical (unpaired) electrons. The van der Waals surface area contributed by atoms with Crippen LogP contribution in [-0.2, 0) is 12.4 Å². The molecule has 0 bridgehead atoms. The average molecular weight is 437 g/mol. The van der Waals surface area contributed by atoms with Gasteiger partial charge in [-0.3, -0.25) is 0 Å². The van der Waals surface area contributed by atoms with E-state index in [-0.39, 0.29) is 33.1 Å². The molecule has 0 aromatic heterocycles. The number of aliphatic hydroxyl groups is 1. The highest BCUT2D eigenvalue weighted by Gasteiger charge is 2.38. The Hall–Kier alpha value is -1.80. The van der Waals surface area contributed by atoms with Crippen LogP contribution in [0.2, 0.25) is 0 Å². The SMILES string of the molecule is O[C@H](CBr)c1cc2cc(C(F)(F)F)cc(C(F)(F)F)c2c2ccccc12. The van der Waals surface area contributed by atoms with E-state index in [9.17, 15) is 31.4 Å². The van der Waals surface area contributed by atoms with Gasteiger partial charge >= 0.3 is 12.4 Å². The van der Waals surface area contributed by atoms with Gasteiger partial charge in [0.1, 0.15) is 0 Å². The van der Waals surface area contributed by atoms with E-state index in [1.165, 1.54) is 24.3 Å². The second kappa shape index (κ2) is 6.42. The van der Waals surface area contributed by atoms with Crippen molar-refractivity contribution in [2.24, 2.45) is 0 Å². The van der Waals surface area contributed by atoms with Crippen LogP contribution in [0.15, 0.2) is 42.5 Å². The first-order valence-electron chi connectivity index (χ1n) is 7.42. The molecule has 26 heavy (non-hydrogen) atoms. The van der Waals surface area contributed by atoms with Gasteiger partial charge in [0.05, 0.1) is 17.2 Å². The predicted molar refractivity (Wildman–Crippen MR) is 90.2 cm³/mol. The van der Waals surface area contributed by atoms with Gasteiger partial charge in [0.25, 0.3) is 0 Å². The Balaban J connectivity index is 2.54. The lowest BCUT2D eigenvalue weighted by molar-refractivity contribution is -0.142. The zero-order chi connectivity index (χ0) is 19.3. The van der Waals surface area contributed by atoms with Crippen LogP contribution in [0.5, 0.6) is 0 Å². The summed E-state index contributed by atoms with van der Waals surface area (Å²) in [4.78, 5) is 0. The summed E-state index contributed by atoms with van der Waals surface area (Å²) in [6, 6.07) is 8.04. The highest BCUT2D eigenvalue weighted by molar-refractivity contribution is 9.09. The van der Waals surface area contributed by atoms with Crippen molar-refractivity contribution in [1.29, 1.82) is 0 Å². The molecule has 8 heteroatoms. The van der Waals surface area contributed by atoms with E-state index in [0.29, 0.717) is 11.5 Å². The number of hydrogen-bond donors (Lipinski definition) is 1. The molecule has 0 amide bonds. The van der Waals surface area contributed by atoms with Gasteiger partial charge in [-0.2, -0.15) is 26.3 Å². The van der Waals surface area contributed by atoms with Gasteiger partial charge in [-0.1, -0.05) is 40.2 Å². The molecule has 0 fully saturated rings.